The Labute approximate surface area is 165 Å². The van der Waals surface area contributed by atoms with E-state index in [1.165, 1.54) is 11.8 Å². The zero-order valence-corrected chi connectivity index (χ0v) is 15.8. The van der Waals surface area contributed by atoms with Gasteiger partial charge in [-0.1, -0.05) is 29.1 Å². The first kappa shape index (κ1) is 17.9. The van der Waals surface area contributed by atoms with Crippen LogP contribution in [-0.4, -0.2) is 36.6 Å². The fraction of sp³-hybridized carbons (Fsp3) is 0.105. The Morgan fingerprint density at radius 3 is 2.68 bits per heavy atom. The summed E-state index contributed by atoms with van der Waals surface area (Å²) in [5.74, 6) is 1.07. The molecular weight excluding hydrogens is 376 g/mol. The number of nitrogens with zero attached hydrogens (tertiary/aromatic N) is 5. The molecule has 0 fully saturated rings. The van der Waals surface area contributed by atoms with Crippen molar-refractivity contribution in [2.75, 3.05) is 11.1 Å². The summed E-state index contributed by atoms with van der Waals surface area (Å²) in [6.07, 6.45) is 5.38. The lowest BCUT2D eigenvalue weighted by molar-refractivity contribution is -0.113. The lowest BCUT2D eigenvalue weighted by atomic mass is 10.1. The van der Waals surface area contributed by atoms with E-state index in [1.807, 2.05) is 47.2 Å². The largest absolute Gasteiger partial charge is 0.360 e. The smallest absolute Gasteiger partial charge is 0.236 e. The Hall–Kier alpha value is -3.46. The van der Waals surface area contributed by atoms with Crippen molar-refractivity contribution in [1.29, 1.82) is 0 Å². The molecule has 1 amide bonds. The van der Waals surface area contributed by atoms with E-state index < -0.39 is 0 Å². The van der Waals surface area contributed by atoms with Crippen LogP contribution in [0.2, 0.25) is 0 Å². The highest BCUT2D eigenvalue weighted by Gasteiger charge is 2.08. The Morgan fingerprint density at radius 2 is 2.04 bits per heavy atom. The lowest BCUT2D eigenvalue weighted by Gasteiger charge is -2.05. The third kappa shape index (κ3) is 4.26. The van der Waals surface area contributed by atoms with Crippen LogP contribution in [0, 0.1) is 6.92 Å². The van der Waals surface area contributed by atoms with E-state index in [9.17, 15) is 4.79 Å². The minimum Gasteiger partial charge on any atom is -0.360 e. The molecule has 0 saturated carbocycles. The number of aryl methyl sites for hydroxylation is 1. The number of hydrogen-bond acceptors (Lipinski definition) is 7. The van der Waals surface area contributed by atoms with Crippen molar-refractivity contribution in [3.8, 4) is 16.9 Å². The van der Waals surface area contributed by atoms with Crippen molar-refractivity contribution in [3.05, 3.63) is 66.9 Å². The highest BCUT2D eigenvalue weighted by molar-refractivity contribution is 7.99. The molecule has 0 spiro atoms. The summed E-state index contributed by atoms with van der Waals surface area (Å²) in [4.78, 5) is 16.0. The highest BCUT2D eigenvalue weighted by Crippen LogP contribution is 2.21. The Morgan fingerprint density at radius 1 is 1.18 bits per heavy atom. The molecule has 0 aliphatic rings. The number of carbonyl (C=O) groups excluding carboxylic acids is 1. The van der Waals surface area contributed by atoms with Gasteiger partial charge in [-0.3, -0.25) is 4.79 Å². The second-order valence-corrected chi connectivity index (χ2v) is 6.93. The number of aromatic nitrogens is 5. The zero-order valence-electron chi connectivity index (χ0n) is 14.9. The fourth-order valence-corrected chi connectivity index (χ4v) is 3.12. The molecule has 3 aromatic heterocycles. The molecule has 4 rings (SSSR count). The maximum absolute atomic E-state index is 11.9. The number of imidazole rings is 1. The molecule has 0 saturated heterocycles. The maximum atomic E-state index is 11.9. The van der Waals surface area contributed by atoms with Gasteiger partial charge in [-0.05, 0) is 31.2 Å². The number of carbonyl (C=O) groups is 1. The molecular formula is C19H16N6O2S. The van der Waals surface area contributed by atoms with E-state index >= 15 is 0 Å². The van der Waals surface area contributed by atoms with Crippen molar-refractivity contribution in [3.63, 3.8) is 0 Å². The second-order valence-electron chi connectivity index (χ2n) is 5.93. The number of rotatable bonds is 6. The molecule has 1 aromatic carbocycles. The number of hydrogen-bond donors (Lipinski definition) is 1. The second kappa shape index (κ2) is 8.05. The zero-order chi connectivity index (χ0) is 19.3. The first-order valence-electron chi connectivity index (χ1n) is 8.46. The number of amides is 1. The van der Waals surface area contributed by atoms with Crippen LogP contribution >= 0.6 is 11.8 Å². The summed E-state index contributed by atoms with van der Waals surface area (Å²) in [6.45, 7) is 1.76. The van der Waals surface area contributed by atoms with Gasteiger partial charge in [-0.2, -0.15) is 0 Å². The number of nitrogens with one attached hydrogen (secondary N) is 1. The number of anilines is 1. The van der Waals surface area contributed by atoms with Gasteiger partial charge in [0, 0.05) is 29.7 Å². The number of thioether (sulfide) groups is 1. The van der Waals surface area contributed by atoms with E-state index in [2.05, 4.69) is 25.7 Å². The Kier molecular flexibility index (Phi) is 5.16. The first-order chi connectivity index (χ1) is 13.7. The summed E-state index contributed by atoms with van der Waals surface area (Å²) in [6, 6.07) is 13.4. The normalized spacial score (nSPS) is 10.8. The average Bonchev–Trinajstić information content (AvgIpc) is 3.39. The minimum absolute atomic E-state index is 0.181. The van der Waals surface area contributed by atoms with Crippen LogP contribution in [0.15, 0.2) is 70.7 Å². The summed E-state index contributed by atoms with van der Waals surface area (Å²) in [5.41, 5.74) is 2.76. The molecule has 0 atom stereocenters. The van der Waals surface area contributed by atoms with Crippen molar-refractivity contribution in [1.82, 2.24) is 24.9 Å². The molecule has 8 nitrogen and oxygen atoms in total. The van der Waals surface area contributed by atoms with Crippen molar-refractivity contribution < 1.29 is 9.32 Å². The molecule has 9 heteroatoms. The molecule has 0 radical (unpaired) electrons. The summed E-state index contributed by atoms with van der Waals surface area (Å²) >= 11 is 1.30. The molecule has 1 N–H and O–H groups in total. The predicted molar refractivity (Wildman–Crippen MR) is 105 cm³/mol. The van der Waals surface area contributed by atoms with E-state index in [0.29, 0.717) is 16.6 Å². The third-order valence-electron chi connectivity index (χ3n) is 3.85. The molecule has 140 valence electrons. The summed E-state index contributed by atoms with van der Waals surface area (Å²) < 4.78 is 6.84. The van der Waals surface area contributed by atoms with Crippen molar-refractivity contribution >= 4 is 23.5 Å². The summed E-state index contributed by atoms with van der Waals surface area (Å²) in [5, 5.41) is 15.5. The topological polar surface area (TPSA) is 98.7 Å². The third-order valence-corrected chi connectivity index (χ3v) is 4.77. The van der Waals surface area contributed by atoms with Crippen LogP contribution in [0.5, 0.6) is 0 Å². The van der Waals surface area contributed by atoms with Crippen molar-refractivity contribution in [2.45, 2.75) is 11.9 Å². The van der Waals surface area contributed by atoms with Gasteiger partial charge in [0.2, 0.25) is 5.91 Å². The Balaban J connectivity index is 1.35. The van der Waals surface area contributed by atoms with E-state index in [1.54, 1.807) is 25.5 Å². The van der Waals surface area contributed by atoms with Gasteiger partial charge < -0.3 is 14.4 Å². The van der Waals surface area contributed by atoms with Crippen LogP contribution in [0.1, 0.15) is 5.76 Å². The quantitative estimate of drug-likeness (QED) is 0.502. The van der Waals surface area contributed by atoms with Crippen LogP contribution in [0.3, 0.4) is 0 Å². The van der Waals surface area contributed by atoms with Gasteiger partial charge in [0.05, 0.1) is 17.8 Å². The van der Waals surface area contributed by atoms with E-state index in [-0.39, 0.29) is 11.7 Å². The van der Waals surface area contributed by atoms with Gasteiger partial charge >= 0.3 is 0 Å². The SMILES string of the molecule is Cc1cc(NC(=O)CSc2ccc(-c3ccc(-n4ccnc4)cc3)nn2)no1. The molecule has 4 aromatic rings. The standard InChI is InChI=1S/C19H16N6O2S/c1-13-10-17(24-27-13)21-18(26)11-28-19-7-6-16(22-23-19)14-2-4-15(5-3-14)25-9-8-20-12-25/h2-10,12H,11H2,1H3,(H,21,24,26). The minimum atomic E-state index is -0.181. The first-order valence-corrected chi connectivity index (χ1v) is 9.44. The van der Waals surface area contributed by atoms with Gasteiger partial charge in [0.25, 0.3) is 0 Å². The molecule has 0 unspecified atom stereocenters. The molecule has 0 aliphatic carbocycles. The van der Waals surface area contributed by atoms with Crippen molar-refractivity contribution in [2.24, 2.45) is 0 Å². The van der Waals surface area contributed by atoms with Crippen LogP contribution in [0.4, 0.5) is 5.82 Å². The molecule has 28 heavy (non-hydrogen) atoms. The fourth-order valence-electron chi connectivity index (χ4n) is 2.51. The van der Waals surface area contributed by atoms with Crippen LogP contribution < -0.4 is 5.32 Å². The average molecular weight is 392 g/mol. The maximum Gasteiger partial charge on any atom is 0.236 e. The van der Waals surface area contributed by atoms with Crippen LogP contribution in [-0.2, 0) is 4.79 Å². The van der Waals surface area contributed by atoms with Gasteiger partial charge in [-0.25, -0.2) is 4.98 Å². The monoisotopic (exact) mass is 392 g/mol. The highest BCUT2D eigenvalue weighted by atomic mass is 32.2. The van der Waals surface area contributed by atoms with E-state index in [4.69, 9.17) is 4.52 Å². The van der Waals surface area contributed by atoms with Gasteiger partial charge in [0.15, 0.2) is 5.82 Å². The Bertz CT molecular complexity index is 1060. The molecule has 0 aliphatic heterocycles. The van der Waals surface area contributed by atoms with Gasteiger partial charge in [0.1, 0.15) is 10.8 Å². The molecule has 0 bridgehead atoms. The predicted octanol–water partition coefficient (Wildman–Crippen LogP) is 3.36. The number of benzene rings is 1. The molecule has 3 heterocycles. The lowest BCUT2D eigenvalue weighted by Crippen LogP contribution is -2.14. The van der Waals surface area contributed by atoms with Crippen LogP contribution in [0.25, 0.3) is 16.9 Å². The summed E-state index contributed by atoms with van der Waals surface area (Å²) in [7, 11) is 0. The van der Waals surface area contributed by atoms with Gasteiger partial charge in [-0.15, -0.1) is 10.2 Å². The van der Waals surface area contributed by atoms with E-state index in [0.717, 1.165) is 16.9 Å².